The van der Waals surface area contributed by atoms with Gasteiger partial charge in [0.1, 0.15) is 6.10 Å². The summed E-state index contributed by atoms with van der Waals surface area (Å²) in [6, 6.07) is 6.65. The van der Waals surface area contributed by atoms with Crippen LogP contribution in [0.5, 0.6) is 0 Å². The average Bonchev–Trinajstić information content (AvgIpc) is 2.27. The average molecular weight is 241 g/mol. The van der Waals surface area contributed by atoms with E-state index in [2.05, 4.69) is 17.9 Å². The quantitative estimate of drug-likeness (QED) is 0.594. The first-order valence-electron chi connectivity index (χ1n) is 4.89. The van der Waals surface area contributed by atoms with Crippen molar-refractivity contribution in [1.82, 2.24) is 0 Å². The zero-order chi connectivity index (χ0) is 12.1. The van der Waals surface area contributed by atoms with Crippen LogP contribution >= 0.6 is 12.6 Å². The Balaban J connectivity index is 2.74. The molecule has 1 rings (SSSR count). The number of amides is 1. The van der Waals surface area contributed by atoms with Gasteiger partial charge in [0.25, 0.3) is 0 Å². The van der Waals surface area contributed by atoms with Gasteiger partial charge < -0.3 is 15.5 Å². The fraction of sp³-hybridized carbons (Fsp3) is 0.364. The predicted molar refractivity (Wildman–Crippen MR) is 65.6 cm³/mol. The Morgan fingerprint density at radius 1 is 1.38 bits per heavy atom. The van der Waals surface area contributed by atoms with Crippen LogP contribution in [0.2, 0.25) is 0 Å². The van der Waals surface area contributed by atoms with Crippen molar-refractivity contribution in [1.29, 1.82) is 0 Å². The molecule has 88 valence electrons. The lowest BCUT2D eigenvalue weighted by Crippen LogP contribution is -2.19. The molecule has 2 unspecified atom stereocenters. The summed E-state index contributed by atoms with van der Waals surface area (Å²) in [6.07, 6.45) is -1.85. The Hall–Kier alpha value is -1.04. The number of carbonyl (C=O) groups is 1. The molecule has 0 aliphatic rings. The summed E-state index contributed by atoms with van der Waals surface area (Å²) in [4.78, 5) is 10.8. The van der Waals surface area contributed by atoms with Gasteiger partial charge in [0, 0.05) is 18.4 Å². The van der Waals surface area contributed by atoms with Gasteiger partial charge in [0.15, 0.2) is 0 Å². The molecule has 1 amide bonds. The fourth-order valence-corrected chi connectivity index (χ4v) is 1.49. The van der Waals surface area contributed by atoms with E-state index in [1.165, 1.54) is 6.92 Å². The third-order valence-electron chi connectivity index (χ3n) is 2.12. The fourth-order valence-electron chi connectivity index (χ4n) is 1.29. The highest BCUT2D eigenvalue weighted by Crippen LogP contribution is 2.19. The standard InChI is InChI=1S/C11H15NO3S/c1-7(13)12-9-4-2-8(3-5-9)11(15)10(14)6-16/h2-5,10-11,14-16H,6H2,1H3,(H,12,13). The minimum absolute atomic E-state index is 0.149. The molecule has 0 aliphatic carbocycles. The second kappa shape index (κ2) is 5.89. The molecule has 4 nitrogen and oxygen atoms in total. The van der Waals surface area contributed by atoms with Crippen LogP contribution in [-0.2, 0) is 4.79 Å². The van der Waals surface area contributed by atoms with Gasteiger partial charge in [-0.25, -0.2) is 0 Å². The molecule has 0 saturated heterocycles. The molecule has 0 radical (unpaired) electrons. The lowest BCUT2D eigenvalue weighted by Gasteiger charge is -2.16. The maximum Gasteiger partial charge on any atom is 0.221 e. The number of thiol groups is 1. The first-order valence-corrected chi connectivity index (χ1v) is 5.52. The zero-order valence-corrected chi connectivity index (χ0v) is 9.82. The van der Waals surface area contributed by atoms with E-state index in [0.717, 1.165) is 0 Å². The number of hydrogen-bond acceptors (Lipinski definition) is 4. The molecule has 0 heterocycles. The molecule has 1 aromatic rings. The van der Waals surface area contributed by atoms with Gasteiger partial charge in [-0.15, -0.1) is 0 Å². The molecule has 0 bridgehead atoms. The van der Waals surface area contributed by atoms with Crippen LogP contribution in [0.3, 0.4) is 0 Å². The molecule has 0 fully saturated rings. The first kappa shape index (κ1) is 13.0. The number of rotatable bonds is 4. The third-order valence-corrected chi connectivity index (χ3v) is 2.50. The van der Waals surface area contributed by atoms with E-state index in [-0.39, 0.29) is 11.7 Å². The van der Waals surface area contributed by atoms with Crippen LogP contribution in [0.25, 0.3) is 0 Å². The summed E-state index contributed by atoms with van der Waals surface area (Å²) in [5.74, 6) is 0.0397. The number of benzene rings is 1. The van der Waals surface area contributed by atoms with Crippen molar-refractivity contribution >= 4 is 24.2 Å². The summed E-state index contributed by atoms with van der Waals surface area (Å²) >= 11 is 3.90. The topological polar surface area (TPSA) is 69.6 Å². The Kier molecular flexibility index (Phi) is 4.79. The minimum Gasteiger partial charge on any atom is -0.389 e. The Morgan fingerprint density at radius 3 is 2.38 bits per heavy atom. The van der Waals surface area contributed by atoms with E-state index in [1.54, 1.807) is 24.3 Å². The molecule has 5 heteroatoms. The molecular weight excluding hydrogens is 226 g/mol. The van der Waals surface area contributed by atoms with Crippen LogP contribution in [0, 0.1) is 0 Å². The predicted octanol–water partition coefficient (Wildman–Crippen LogP) is 0.969. The van der Waals surface area contributed by atoms with Crippen molar-refractivity contribution in [3.63, 3.8) is 0 Å². The number of aliphatic hydroxyl groups is 2. The number of aliphatic hydroxyl groups excluding tert-OH is 2. The second-order valence-corrected chi connectivity index (χ2v) is 3.86. The molecule has 0 spiro atoms. The van der Waals surface area contributed by atoms with Crippen molar-refractivity contribution in [2.45, 2.75) is 19.1 Å². The molecule has 0 saturated carbocycles. The van der Waals surface area contributed by atoms with Gasteiger partial charge in [0.05, 0.1) is 6.10 Å². The van der Waals surface area contributed by atoms with E-state index >= 15 is 0 Å². The van der Waals surface area contributed by atoms with Crippen LogP contribution < -0.4 is 5.32 Å². The van der Waals surface area contributed by atoms with Crippen LogP contribution in [0.15, 0.2) is 24.3 Å². The largest absolute Gasteiger partial charge is 0.389 e. The molecule has 0 aliphatic heterocycles. The number of carbonyl (C=O) groups excluding carboxylic acids is 1. The Morgan fingerprint density at radius 2 is 1.94 bits per heavy atom. The molecule has 0 aromatic heterocycles. The van der Waals surface area contributed by atoms with Gasteiger partial charge in [-0.1, -0.05) is 12.1 Å². The van der Waals surface area contributed by atoms with Gasteiger partial charge in [0.2, 0.25) is 5.91 Å². The molecule has 1 aromatic carbocycles. The minimum atomic E-state index is -0.955. The summed E-state index contributed by atoms with van der Waals surface area (Å²) in [6.45, 7) is 1.42. The van der Waals surface area contributed by atoms with E-state index in [4.69, 9.17) is 0 Å². The van der Waals surface area contributed by atoms with Crippen molar-refractivity contribution in [3.8, 4) is 0 Å². The molecular formula is C11H15NO3S. The normalized spacial score (nSPS) is 14.2. The summed E-state index contributed by atoms with van der Waals surface area (Å²) in [5.41, 5.74) is 1.25. The zero-order valence-electron chi connectivity index (χ0n) is 8.92. The third kappa shape index (κ3) is 3.52. The smallest absolute Gasteiger partial charge is 0.221 e. The SMILES string of the molecule is CC(=O)Nc1ccc(C(O)C(O)CS)cc1. The highest BCUT2D eigenvalue weighted by molar-refractivity contribution is 7.80. The van der Waals surface area contributed by atoms with Gasteiger partial charge >= 0.3 is 0 Å². The molecule has 16 heavy (non-hydrogen) atoms. The summed E-state index contributed by atoms with van der Waals surface area (Å²) in [7, 11) is 0. The summed E-state index contributed by atoms with van der Waals surface area (Å²) < 4.78 is 0. The maximum atomic E-state index is 10.8. The Labute approximate surface area is 99.7 Å². The maximum absolute atomic E-state index is 10.8. The van der Waals surface area contributed by atoms with Crippen LogP contribution in [-0.4, -0.2) is 28.0 Å². The van der Waals surface area contributed by atoms with Gasteiger partial charge in [-0.2, -0.15) is 12.6 Å². The van der Waals surface area contributed by atoms with E-state index in [0.29, 0.717) is 11.3 Å². The number of hydrogen-bond donors (Lipinski definition) is 4. The first-order chi connectivity index (χ1) is 7.54. The van der Waals surface area contributed by atoms with Gasteiger partial charge in [-0.3, -0.25) is 4.79 Å². The Bertz CT molecular complexity index is 353. The van der Waals surface area contributed by atoms with Crippen molar-refractivity contribution in [2.75, 3.05) is 11.1 Å². The highest BCUT2D eigenvalue weighted by atomic mass is 32.1. The lowest BCUT2D eigenvalue weighted by atomic mass is 10.1. The van der Waals surface area contributed by atoms with Crippen molar-refractivity contribution < 1.29 is 15.0 Å². The second-order valence-electron chi connectivity index (χ2n) is 3.50. The molecule has 3 N–H and O–H groups in total. The molecule has 2 atom stereocenters. The number of nitrogens with one attached hydrogen (secondary N) is 1. The number of anilines is 1. The van der Waals surface area contributed by atoms with Crippen molar-refractivity contribution in [2.24, 2.45) is 0 Å². The van der Waals surface area contributed by atoms with E-state index in [1.807, 2.05) is 0 Å². The van der Waals surface area contributed by atoms with E-state index in [9.17, 15) is 15.0 Å². The summed E-state index contributed by atoms with van der Waals surface area (Å²) in [5, 5.41) is 21.7. The van der Waals surface area contributed by atoms with Gasteiger partial charge in [-0.05, 0) is 17.7 Å². The van der Waals surface area contributed by atoms with E-state index < -0.39 is 12.2 Å². The highest BCUT2D eigenvalue weighted by Gasteiger charge is 2.16. The van der Waals surface area contributed by atoms with Crippen LogP contribution in [0.1, 0.15) is 18.6 Å². The van der Waals surface area contributed by atoms with Crippen LogP contribution in [0.4, 0.5) is 5.69 Å². The lowest BCUT2D eigenvalue weighted by molar-refractivity contribution is -0.114. The van der Waals surface area contributed by atoms with Crippen molar-refractivity contribution in [3.05, 3.63) is 29.8 Å². The monoisotopic (exact) mass is 241 g/mol.